The normalized spacial score (nSPS) is 10.8. The Morgan fingerprint density at radius 2 is 1.61 bits per heavy atom. The first kappa shape index (κ1) is 16.5. The van der Waals surface area contributed by atoms with Gasteiger partial charge in [0, 0.05) is 23.5 Å². The Labute approximate surface area is 153 Å². The second-order valence-electron chi connectivity index (χ2n) is 4.59. The maximum atomic E-state index is 6.43. The van der Waals surface area contributed by atoms with E-state index in [0.717, 1.165) is 16.8 Å². The molecular weight excluding hydrogens is 373 g/mol. The fourth-order valence-electron chi connectivity index (χ4n) is 2.13. The van der Waals surface area contributed by atoms with Crippen LogP contribution in [0.5, 0.6) is 0 Å². The largest absolute Gasteiger partial charge is 0.265 e. The van der Waals surface area contributed by atoms with Gasteiger partial charge in [-0.3, -0.25) is 4.98 Å². The Morgan fingerprint density at radius 1 is 0.870 bits per heavy atom. The zero-order chi connectivity index (χ0) is 16.4. The Balaban J connectivity index is 2.28. The summed E-state index contributed by atoms with van der Waals surface area (Å²) in [5, 5.41) is 1.91. The highest BCUT2D eigenvalue weighted by Crippen LogP contribution is 2.38. The lowest BCUT2D eigenvalue weighted by Crippen LogP contribution is -1.97. The summed E-state index contributed by atoms with van der Waals surface area (Å²) < 4.78 is 0. The number of pyridine rings is 1. The standard InChI is InChI=1S/C16H10Cl3N3S/c1-23-16-21-14(9-4-6-20-7-5-9)13(15(19)22-16)10-2-3-11(17)12(18)8-10/h2-8H,1H3. The fourth-order valence-corrected chi connectivity index (χ4v) is 3.12. The van der Waals surface area contributed by atoms with Crippen LogP contribution in [0.3, 0.4) is 0 Å². The van der Waals surface area contributed by atoms with Gasteiger partial charge in [0.05, 0.1) is 15.7 Å². The topological polar surface area (TPSA) is 38.7 Å². The minimum atomic E-state index is 0.370. The SMILES string of the molecule is CSc1nc(Cl)c(-c2ccc(Cl)c(Cl)c2)c(-c2ccncc2)n1. The molecule has 0 saturated heterocycles. The van der Waals surface area contributed by atoms with Crippen molar-refractivity contribution in [3.8, 4) is 22.4 Å². The molecule has 3 nitrogen and oxygen atoms in total. The summed E-state index contributed by atoms with van der Waals surface area (Å²) in [5.74, 6) is 0. The number of hydrogen-bond donors (Lipinski definition) is 0. The zero-order valence-electron chi connectivity index (χ0n) is 11.9. The Bertz CT molecular complexity index is 857. The van der Waals surface area contributed by atoms with E-state index in [0.29, 0.717) is 25.9 Å². The molecule has 0 amide bonds. The third-order valence-electron chi connectivity index (χ3n) is 3.19. The van der Waals surface area contributed by atoms with Crippen molar-refractivity contribution in [3.05, 3.63) is 57.9 Å². The third-order valence-corrected chi connectivity index (χ3v) is 4.75. The summed E-state index contributed by atoms with van der Waals surface area (Å²) >= 11 is 20.0. The molecule has 0 spiro atoms. The van der Waals surface area contributed by atoms with Crippen LogP contribution >= 0.6 is 46.6 Å². The van der Waals surface area contributed by atoms with Gasteiger partial charge < -0.3 is 0 Å². The molecule has 0 aliphatic carbocycles. The van der Waals surface area contributed by atoms with Gasteiger partial charge in [0.25, 0.3) is 0 Å². The van der Waals surface area contributed by atoms with Crippen LogP contribution in [-0.4, -0.2) is 21.2 Å². The van der Waals surface area contributed by atoms with Crippen molar-refractivity contribution in [2.75, 3.05) is 6.26 Å². The predicted molar refractivity (Wildman–Crippen MR) is 97.5 cm³/mol. The molecular formula is C16H10Cl3N3S. The van der Waals surface area contributed by atoms with Gasteiger partial charge in [-0.05, 0) is 36.1 Å². The van der Waals surface area contributed by atoms with Gasteiger partial charge in [0.1, 0.15) is 5.15 Å². The van der Waals surface area contributed by atoms with E-state index in [1.54, 1.807) is 24.5 Å². The molecule has 3 aromatic rings. The maximum absolute atomic E-state index is 6.43. The second kappa shape index (κ2) is 7.05. The van der Waals surface area contributed by atoms with Crippen molar-refractivity contribution >= 4 is 46.6 Å². The second-order valence-corrected chi connectivity index (χ2v) is 6.54. The average Bonchev–Trinajstić information content (AvgIpc) is 2.57. The van der Waals surface area contributed by atoms with Gasteiger partial charge >= 0.3 is 0 Å². The number of nitrogens with zero attached hydrogens (tertiary/aromatic N) is 3. The van der Waals surface area contributed by atoms with E-state index in [4.69, 9.17) is 34.8 Å². The van der Waals surface area contributed by atoms with E-state index in [2.05, 4.69) is 15.0 Å². The predicted octanol–water partition coefficient (Wildman–Crippen LogP) is 5.89. The van der Waals surface area contributed by atoms with E-state index >= 15 is 0 Å². The lowest BCUT2D eigenvalue weighted by Gasteiger charge is -2.12. The molecule has 0 radical (unpaired) electrons. The van der Waals surface area contributed by atoms with Gasteiger partial charge in [-0.25, -0.2) is 9.97 Å². The molecule has 2 heterocycles. The van der Waals surface area contributed by atoms with Gasteiger partial charge in [-0.15, -0.1) is 0 Å². The van der Waals surface area contributed by atoms with Crippen LogP contribution in [-0.2, 0) is 0 Å². The lowest BCUT2D eigenvalue weighted by molar-refractivity contribution is 0.979. The molecule has 1 aromatic carbocycles. The van der Waals surface area contributed by atoms with Crippen molar-refractivity contribution in [3.63, 3.8) is 0 Å². The maximum Gasteiger partial charge on any atom is 0.189 e. The lowest BCUT2D eigenvalue weighted by atomic mass is 10.0. The molecule has 0 aliphatic heterocycles. The molecule has 0 aliphatic rings. The molecule has 116 valence electrons. The van der Waals surface area contributed by atoms with E-state index in [-0.39, 0.29) is 0 Å². The average molecular weight is 383 g/mol. The van der Waals surface area contributed by atoms with Crippen LogP contribution in [0.2, 0.25) is 15.2 Å². The monoisotopic (exact) mass is 381 g/mol. The quantitative estimate of drug-likeness (QED) is 0.322. The van der Waals surface area contributed by atoms with E-state index < -0.39 is 0 Å². The Kier molecular flexibility index (Phi) is 5.07. The summed E-state index contributed by atoms with van der Waals surface area (Å²) in [6, 6.07) is 9.10. The first-order chi connectivity index (χ1) is 11.1. The molecule has 2 aromatic heterocycles. The van der Waals surface area contributed by atoms with Crippen molar-refractivity contribution < 1.29 is 0 Å². The molecule has 0 fully saturated rings. The first-order valence-electron chi connectivity index (χ1n) is 6.57. The summed E-state index contributed by atoms with van der Waals surface area (Å²) in [4.78, 5) is 13.0. The van der Waals surface area contributed by atoms with Crippen LogP contribution in [0.4, 0.5) is 0 Å². The highest BCUT2D eigenvalue weighted by atomic mass is 35.5. The van der Waals surface area contributed by atoms with Crippen LogP contribution in [0.25, 0.3) is 22.4 Å². The molecule has 0 atom stereocenters. The van der Waals surface area contributed by atoms with Crippen molar-refractivity contribution in [2.45, 2.75) is 5.16 Å². The minimum Gasteiger partial charge on any atom is -0.265 e. The van der Waals surface area contributed by atoms with Crippen LogP contribution in [0.1, 0.15) is 0 Å². The summed E-state index contributed by atoms with van der Waals surface area (Å²) in [6.07, 6.45) is 5.33. The van der Waals surface area contributed by atoms with Crippen LogP contribution in [0.15, 0.2) is 47.9 Å². The number of hydrogen-bond acceptors (Lipinski definition) is 4. The Hall–Kier alpha value is -1.33. The minimum absolute atomic E-state index is 0.370. The smallest absolute Gasteiger partial charge is 0.189 e. The van der Waals surface area contributed by atoms with Crippen molar-refractivity contribution in [1.82, 2.24) is 15.0 Å². The molecule has 0 unspecified atom stereocenters. The molecule has 23 heavy (non-hydrogen) atoms. The van der Waals surface area contributed by atoms with Gasteiger partial charge in [-0.1, -0.05) is 52.6 Å². The highest BCUT2D eigenvalue weighted by Gasteiger charge is 2.17. The number of benzene rings is 1. The van der Waals surface area contributed by atoms with Gasteiger partial charge in [0.2, 0.25) is 0 Å². The first-order valence-corrected chi connectivity index (χ1v) is 8.93. The number of thioether (sulfide) groups is 1. The highest BCUT2D eigenvalue weighted by molar-refractivity contribution is 7.98. The van der Waals surface area contributed by atoms with E-state index in [9.17, 15) is 0 Å². The molecule has 3 rings (SSSR count). The number of rotatable bonds is 3. The molecule has 0 bridgehead atoms. The van der Waals surface area contributed by atoms with Crippen molar-refractivity contribution in [2.24, 2.45) is 0 Å². The number of halogens is 3. The van der Waals surface area contributed by atoms with Crippen LogP contribution in [0, 0.1) is 0 Å². The molecule has 7 heteroatoms. The van der Waals surface area contributed by atoms with E-state index in [1.165, 1.54) is 11.8 Å². The Morgan fingerprint density at radius 3 is 2.26 bits per heavy atom. The summed E-state index contributed by atoms with van der Waals surface area (Å²) in [6.45, 7) is 0. The van der Waals surface area contributed by atoms with Crippen LogP contribution < -0.4 is 0 Å². The number of aromatic nitrogens is 3. The fraction of sp³-hybridized carbons (Fsp3) is 0.0625. The van der Waals surface area contributed by atoms with Gasteiger partial charge in [0.15, 0.2) is 5.16 Å². The molecule has 0 N–H and O–H groups in total. The summed E-state index contributed by atoms with van der Waals surface area (Å²) in [5.41, 5.74) is 3.16. The molecule has 0 saturated carbocycles. The zero-order valence-corrected chi connectivity index (χ0v) is 15.0. The third kappa shape index (κ3) is 3.45. The van der Waals surface area contributed by atoms with E-state index in [1.807, 2.05) is 24.5 Å². The van der Waals surface area contributed by atoms with Gasteiger partial charge in [-0.2, -0.15) is 0 Å². The van der Waals surface area contributed by atoms with Crippen molar-refractivity contribution in [1.29, 1.82) is 0 Å². The summed E-state index contributed by atoms with van der Waals surface area (Å²) in [7, 11) is 0.